The Hall–Kier alpha value is -4.39. The van der Waals surface area contributed by atoms with Crippen molar-refractivity contribution >= 4 is 27.7 Å². The SMILES string of the molecule is CC(C)(C)c1ccc(C(=O)Oc2ccc3c(=O)c(-c4cccc5ccccc45)c(C(F)(F)F)oc3c2)cc1. The molecule has 0 saturated carbocycles. The van der Waals surface area contributed by atoms with E-state index in [0.29, 0.717) is 10.8 Å². The topological polar surface area (TPSA) is 56.5 Å². The van der Waals surface area contributed by atoms with E-state index in [4.69, 9.17) is 9.15 Å². The minimum Gasteiger partial charge on any atom is -0.450 e. The van der Waals surface area contributed by atoms with Gasteiger partial charge in [0.15, 0.2) is 0 Å². The Balaban J connectivity index is 1.58. The van der Waals surface area contributed by atoms with Crippen LogP contribution < -0.4 is 10.2 Å². The van der Waals surface area contributed by atoms with E-state index in [-0.39, 0.29) is 33.3 Å². The first-order valence-electron chi connectivity index (χ1n) is 11.9. The molecular formula is C31H23F3O4. The molecule has 0 atom stereocenters. The van der Waals surface area contributed by atoms with Gasteiger partial charge in [-0.25, -0.2) is 4.79 Å². The molecule has 0 spiro atoms. The van der Waals surface area contributed by atoms with Gasteiger partial charge in [0.25, 0.3) is 0 Å². The number of ether oxygens (including phenoxy) is 1. The molecule has 0 N–H and O–H groups in total. The number of esters is 1. The Kier molecular flexibility index (Phi) is 6.10. The number of rotatable bonds is 3. The Bertz CT molecular complexity index is 1740. The molecule has 38 heavy (non-hydrogen) atoms. The summed E-state index contributed by atoms with van der Waals surface area (Å²) >= 11 is 0. The van der Waals surface area contributed by atoms with E-state index in [9.17, 15) is 22.8 Å². The molecule has 5 aromatic rings. The van der Waals surface area contributed by atoms with Gasteiger partial charge < -0.3 is 9.15 Å². The quantitative estimate of drug-likeness (QED) is 0.179. The van der Waals surface area contributed by atoms with E-state index in [1.165, 1.54) is 18.2 Å². The summed E-state index contributed by atoms with van der Waals surface area (Å²) in [5.74, 6) is -2.14. The van der Waals surface area contributed by atoms with Crippen LogP contribution in [0, 0.1) is 0 Å². The number of hydrogen-bond acceptors (Lipinski definition) is 4. The van der Waals surface area contributed by atoms with Gasteiger partial charge in [0.05, 0.1) is 16.5 Å². The number of halogens is 3. The lowest BCUT2D eigenvalue weighted by Crippen LogP contribution is -2.16. The molecule has 0 bridgehead atoms. The standard InChI is InChI=1S/C31H23F3O4/c1-30(2,3)20-13-11-19(12-14-20)29(36)37-21-15-16-24-25(17-21)38-28(31(32,33)34)26(27(24)35)23-10-6-8-18-7-4-5-9-22(18)23/h4-17H,1-3H3. The van der Waals surface area contributed by atoms with Crippen LogP contribution in [0.1, 0.15) is 42.5 Å². The molecule has 0 aliphatic heterocycles. The molecule has 0 aliphatic carbocycles. The maximum Gasteiger partial charge on any atom is 0.450 e. The molecule has 4 aromatic carbocycles. The highest BCUT2D eigenvalue weighted by atomic mass is 19.4. The fourth-order valence-corrected chi connectivity index (χ4v) is 4.40. The summed E-state index contributed by atoms with van der Waals surface area (Å²) in [5, 5.41) is 1.13. The Morgan fingerprint density at radius 2 is 1.50 bits per heavy atom. The smallest absolute Gasteiger partial charge is 0.450 e. The molecule has 5 rings (SSSR count). The average molecular weight is 517 g/mol. The molecule has 0 unspecified atom stereocenters. The van der Waals surface area contributed by atoms with E-state index >= 15 is 0 Å². The fourth-order valence-electron chi connectivity index (χ4n) is 4.40. The minimum absolute atomic E-state index is 0.0448. The Morgan fingerprint density at radius 3 is 2.18 bits per heavy atom. The van der Waals surface area contributed by atoms with E-state index in [2.05, 4.69) is 0 Å². The number of benzene rings is 4. The zero-order chi connectivity index (χ0) is 27.2. The van der Waals surface area contributed by atoms with Crippen molar-refractivity contribution in [1.82, 2.24) is 0 Å². The van der Waals surface area contributed by atoms with E-state index in [0.717, 1.165) is 11.6 Å². The van der Waals surface area contributed by atoms with Gasteiger partial charge in [-0.2, -0.15) is 13.2 Å². The summed E-state index contributed by atoms with van der Waals surface area (Å²) < 4.78 is 53.2. The van der Waals surface area contributed by atoms with Crippen LogP contribution in [-0.2, 0) is 11.6 Å². The number of carbonyl (C=O) groups is 1. The summed E-state index contributed by atoms with van der Waals surface area (Å²) in [7, 11) is 0. The van der Waals surface area contributed by atoms with Crippen molar-refractivity contribution in [3.8, 4) is 16.9 Å². The first-order chi connectivity index (χ1) is 17.9. The lowest BCUT2D eigenvalue weighted by molar-refractivity contribution is -0.152. The number of fused-ring (bicyclic) bond motifs is 2. The molecule has 0 aliphatic rings. The highest BCUT2D eigenvalue weighted by molar-refractivity contribution is 5.99. The summed E-state index contributed by atoms with van der Waals surface area (Å²) in [6.07, 6.45) is -4.94. The largest absolute Gasteiger partial charge is 0.450 e. The number of hydrogen-bond donors (Lipinski definition) is 0. The second-order valence-electron chi connectivity index (χ2n) is 10.0. The normalized spacial score (nSPS) is 12.2. The van der Waals surface area contributed by atoms with Crippen LogP contribution in [0.4, 0.5) is 13.2 Å². The van der Waals surface area contributed by atoms with Crippen molar-refractivity contribution in [2.24, 2.45) is 0 Å². The van der Waals surface area contributed by atoms with E-state index < -0.39 is 28.9 Å². The average Bonchev–Trinajstić information content (AvgIpc) is 2.87. The highest BCUT2D eigenvalue weighted by Crippen LogP contribution is 2.40. The Labute approximate surface area is 216 Å². The lowest BCUT2D eigenvalue weighted by Gasteiger charge is -2.18. The second kappa shape index (κ2) is 9.17. The zero-order valence-corrected chi connectivity index (χ0v) is 20.8. The molecule has 0 fully saturated rings. The van der Waals surface area contributed by atoms with Gasteiger partial charge >= 0.3 is 12.1 Å². The van der Waals surface area contributed by atoms with Crippen molar-refractivity contribution in [3.05, 3.63) is 112 Å². The van der Waals surface area contributed by atoms with E-state index in [1.807, 2.05) is 32.9 Å². The summed E-state index contributed by atoms with van der Waals surface area (Å²) in [5.41, 5.74) is -0.388. The monoisotopic (exact) mass is 516 g/mol. The van der Waals surface area contributed by atoms with Crippen LogP contribution in [0.5, 0.6) is 5.75 Å². The number of alkyl halides is 3. The second-order valence-corrected chi connectivity index (χ2v) is 10.0. The van der Waals surface area contributed by atoms with E-state index in [1.54, 1.807) is 48.5 Å². The Morgan fingerprint density at radius 1 is 0.816 bits per heavy atom. The van der Waals surface area contributed by atoms with Crippen LogP contribution in [-0.4, -0.2) is 5.97 Å². The number of carbonyl (C=O) groups excluding carboxylic acids is 1. The minimum atomic E-state index is -4.94. The van der Waals surface area contributed by atoms with Gasteiger partial charge in [0, 0.05) is 6.07 Å². The lowest BCUT2D eigenvalue weighted by atomic mass is 9.87. The third kappa shape index (κ3) is 4.67. The van der Waals surface area contributed by atoms with Gasteiger partial charge in [0.2, 0.25) is 11.2 Å². The van der Waals surface area contributed by atoms with Crippen molar-refractivity contribution in [2.75, 3.05) is 0 Å². The van der Waals surface area contributed by atoms with Crippen LogP contribution in [0.3, 0.4) is 0 Å². The molecule has 192 valence electrons. The first kappa shape index (κ1) is 25.3. The molecular weight excluding hydrogens is 493 g/mol. The van der Waals surface area contributed by atoms with Crippen LogP contribution in [0.25, 0.3) is 32.9 Å². The highest BCUT2D eigenvalue weighted by Gasteiger charge is 2.39. The molecule has 0 saturated heterocycles. The van der Waals surface area contributed by atoms with Crippen molar-refractivity contribution in [3.63, 3.8) is 0 Å². The van der Waals surface area contributed by atoms with Gasteiger partial charge in [-0.15, -0.1) is 0 Å². The molecule has 0 amide bonds. The first-order valence-corrected chi connectivity index (χ1v) is 11.9. The van der Waals surface area contributed by atoms with Gasteiger partial charge in [0.1, 0.15) is 11.3 Å². The summed E-state index contributed by atoms with van der Waals surface area (Å²) in [6.45, 7) is 6.14. The van der Waals surface area contributed by atoms with Gasteiger partial charge in [-0.1, -0.05) is 75.4 Å². The third-order valence-electron chi connectivity index (χ3n) is 6.38. The maximum atomic E-state index is 14.2. The molecule has 1 heterocycles. The molecule has 7 heteroatoms. The van der Waals surface area contributed by atoms with Crippen LogP contribution in [0.15, 0.2) is 94.1 Å². The third-order valence-corrected chi connectivity index (χ3v) is 6.38. The predicted molar refractivity (Wildman–Crippen MR) is 141 cm³/mol. The predicted octanol–water partition coefficient (Wildman–Crippen LogP) is 8.15. The van der Waals surface area contributed by atoms with Crippen molar-refractivity contribution < 1.29 is 27.1 Å². The fraction of sp³-hybridized carbons (Fsp3) is 0.161. The van der Waals surface area contributed by atoms with Crippen LogP contribution >= 0.6 is 0 Å². The van der Waals surface area contributed by atoms with Gasteiger partial charge in [-0.3, -0.25) is 4.79 Å². The zero-order valence-electron chi connectivity index (χ0n) is 20.8. The van der Waals surface area contributed by atoms with Crippen molar-refractivity contribution in [2.45, 2.75) is 32.4 Å². The summed E-state index contributed by atoms with van der Waals surface area (Å²) in [4.78, 5) is 26.1. The molecule has 4 nitrogen and oxygen atoms in total. The van der Waals surface area contributed by atoms with Crippen LogP contribution in [0.2, 0.25) is 0 Å². The maximum absolute atomic E-state index is 14.2. The summed E-state index contributed by atoms with van der Waals surface area (Å²) in [6, 6.07) is 22.4. The molecule has 0 radical (unpaired) electrons. The molecule has 1 aromatic heterocycles. The van der Waals surface area contributed by atoms with Gasteiger partial charge in [-0.05, 0) is 51.6 Å². The van der Waals surface area contributed by atoms with Crippen molar-refractivity contribution in [1.29, 1.82) is 0 Å².